The van der Waals surface area contributed by atoms with Gasteiger partial charge in [-0.1, -0.05) is 42.5 Å². The molecule has 32 heavy (non-hydrogen) atoms. The Morgan fingerprint density at radius 1 is 0.969 bits per heavy atom. The average molecular weight is 453 g/mol. The fourth-order valence-electron chi connectivity index (χ4n) is 3.39. The predicted octanol–water partition coefficient (Wildman–Crippen LogP) is 3.22. The molecule has 1 aliphatic heterocycles. The number of sulfonamides is 1. The molecule has 0 saturated carbocycles. The lowest BCUT2D eigenvalue weighted by Gasteiger charge is -2.26. The lowest BCUT2D eigenvalue weighted by atomic mass is 10.1. The van der Waals surface area contributed by atoms with E-state index in [1.807, 2.05) is 30.3 Å². The van der Waals surface area contributed by atoms with Crippen molar-refractivity contribution >= 4 is 21.6 Å². The Bertz CT molecular complexity index is 1180. The van der Waals surface area contributed by atoms with Gasteiger partial charge >= 0.3 is 0 Å². The summed E-state index contributed by atoms with van der Waals surface area (Å²) in [5.74, 6) is 1.13. The Balaban J connectivity index is 1.36. The molecule has 3 aromatic rings. The number of hydrogen-bond donors (Lipinski definition) is 1. The van der Waals surface area contributed by atoms with E-state index in [0.717, 1.165) is 5.56 Å². The van der Waals surface area contributed by atoms with Gasteiger partial charge in [0, 0.05) is 5.56 Å². The molecule has 1 unspecified atom stereocenters. The number of hydrogen-bond acceptors (Lipinski definition) is 5. The SMILES string of the molecule is CS(=O)(=O)N(Cc1ccc(C(=O)NCC2COc3ccccc3O2)cc1)c1ccccc1. The Labute approximate surface area is 187 Å². The molecule has 1 aliphatic rings. The van der Waals surface area contributed by atoms with Gasteiger partial charge in [-0.05, 0) is 42.0 Å². The summed E-state index contributed by atoms with van der Waals surface area (Å²) in [7, 11) is -3.46. The van der Waals surface area contributed by atoms with E-state index in [0.29, 0.717) is 35.9 Å². The molecule has 8 heteroatoms. The third-order valence-electron chi connectivity index (χ3n) is 5.04. The van der Waals surface area contributed by atoms with Gasteiger partial charge in [0.05, 0.1) is 25.0 Å². The van der Waals surface area contributed by atoms with Gasteiger partial charge in [-0.3, -0.25) is 9.10 Å². The highest BCUT2D eigenvalue weighted by atomic mass is 32.2. The fraction of sp³-hybridized carbons (Fsp3) is 0.208. The summed E-state index contributed by atoms with van der Waals surface area (Å²) in [4.78, 5) is 12.5. The van der Waals surface area contributed by atoms with Crippen molar-refractivity contribution in [3.8, 4) is 11.5 Å². The van der Waals surface area contributed by atoms with Gasteiger partial charge in [0.25, 0.3) is 5.91 Å². The Hall–Kier alpha value is -3.52. The molecular formula is C24H24N2O5S. The van der Waals surface area contributed by atoms with Gasteiger partial charge in [-0.25, -0.2) is 8.42 Å². The molecule has 1 heterocycles. The number of carbonyl (C=O) groups excluding carboxylic acids is 1. The van der Waals surface area contributed by atoms with Crippen molar-refractivity contribution in [1.29, 1.82) is 0 Å². The summed E-state index contributed by atoms with van der Waals surface area (Å²) in [5, 5.41) is 2.86. The van der Waals surface area contributed by atoms with Crippen molar-refractivity contribution in [3.63, 3.8) is 0 Å². The first-order valence-electron chi connectivity index (χ1n) is 10.2. The lowest BCUT2D eigenvalue weighted by Crippen LogP contribution is -2.40. The lowest BCUT2D eigenvalue weighted by molar-refractivity contribution is 0.0789. The van der Waals surface area contributed by atoms with Crippen LogP contribution in [0.1, 0.15) is 15.9 Å². The number of nitrogens with zero attached hydrogens (tertiary/aromatic N) is 1. The van der Waals surface area contributed by atoms with E-state index in [1.165, 1.54) is 10.6 Å². The van der Waals surface area contributed by atoms with E-state index in [-0.39, 0.29) is 18.6 Å². The molecule has 0 aromatic heterocycles. The zero-order chi connectivity index (χ0) is 22.6. The standard InChI is InChI=1S/C24H24N2O5S/c1-32(28,29)26(20-7-3-2-4-8-20)16-18-11-13-19(14-12-18)24(27)25-15-21-17-30-22-9-5-6-10-23(22)31-21/h2-14,21H,15-17H2,1H3,(H,25,27). The summed E-state index contributed by atoms with van der Waals surface area (Å²) < 4.78 is 37.4. The number of amides is 1. The first-order chi connectivity index (χ1) is 15.4. The van der Waals surface area contributed by atoms with E-state index in [2.05, 4.69) is 5.32 Å². The maximum Gasteiger partial charge on any atom is 0.251 e. The van der Waals surface area contributed by atoms with Crippen molar-refractivity contribution in [1.82, 2.24) is 5.32 Å². The number of ether oxygens (including phenoxy) is 2. The van der Waals surface area contributed by atoms with Gasteiger partial charge in [0.15, 0.2) is 11.5 Å². The minimum Gasteiger partial charge on any atom is -0.486 e. The number of benzene rings is 3. The van der Waals surface area contributed by atoms with Crippen LogP contribution < -0.4 is 19.1 Å². The molecule has 0 aliphatic carbocycles. The molecule has 0 radical (unpaired) electrons. The van der Waals surface area contributed by atoms with E-state index in [1.54, 1.807) is 48.5 Å². The van der Waals surface area contributed by atoms with Crippen LogP contribution >= 0.6 is 0 Å². The van der Waals surface area contributed by atoms with E-state index in [9.17, 15) is 13.2 Å². The molecule has 0 fully saturated rings. The van der Waals surface area contributed by atoms with Gasteiger partial charge in [-0.2, -0.15) is 0 Å². The molecule has 0 bridgehead atoms. The molecule has 1 atom stereocenters. The van der Waals surface area contributed by atoms with Crippen molar-refractivity contribution in [2.24, 2.45) is 0 Å². The molecule has 166 valence electrons. The van der Waals surface area contributed by atoms with Crippen LogP contribution in [-0.2, 0) is 16.6 Å². The van der Waals surface area contributed by atoms with Gasteiger partial charge in [0.1, 0.15) is 12.7 Å². The Kier molecular flexibility index (Phi) is 6.32. The molecule has 0 spiro atoms. The molecule has 1 N–H and O–H groups in total. The highest BCUT2D eigenvalue weighted by Gasteiger charge is 2.21. The van der Waals surface area contributed by atoms with Crippen molar-refractivity contribution < 1.29 is 22.7 Å². The van der Waals surface area contributed by atoms with Gasteiger partial charge in [-0.15, -0.1) is 0 Å². The number of rotatable bonds is 7. The van der Waals surface area contributed by atoms with Crippen LogP contribution in [0.2, 0.25) is 0 Å². The normalized spacial score (nSPS) is 15.1. The Morgan fingerprint density at radius 3 is 2.31 bits per heavy atom. The van der Waals surface area contributed by atoms with E-state index in [4.69, 9.17) is 9.47 Å². The van der Waals surface area contributed by atoms with Crippen LogP contribution in [0.25, 0.3) is 0 Å². The van der Waals surface area contributed by atoms with E-state index < -0.39 is 10.0 Å². The van der Waals surface area contributed by atoms with Crippen molar-refractivity contribution in [2.75, 3.05) is 23.7 Å². The molecule has 3 aromatic carbocycles. The van der Waals surface area contributed by atoms with Crippen LogP contribution in [0.3, 0.4) is 0 Å². The summed E-state index contributed by atoms with van der Waals surface area (Å²) in [6.45, 7) is 0.846. The summed E-state index contributed by atoms with van der Waals surface area (Å²) in [6.07, 6.45) is 0.902. The van der Waals surface area contributed by atoms with Gasteiger partial charge in [0.2, 0.25) is 10.0 Å². The highest BCUT2D eigenvalue weighted by molar-refractivity contribution is 7.92. The average Bonchev–Trinajstić information content (AvgIpc) is 2.81. The first-order valence-corrected chi connectivity index (χ1v) is 12.0. The minimum absolute atomic E-state index is 0.178. The molecule has 4 rings (SSSR count). The van der Waals surface area contributed by atoms with Crippen LogP contribution in [-0.4, -0.2) is 39.8 Å². The van der Waals surface area contributed by atoms with Crippen molar-refractivity contribution in [3.05, 3.63) is 90.0 Å². The largest absolute Gasteiger partial charge is 0.486 e. The number of nitrogens with one attached hydrogen (secondary N) is 1. The molecule has 7 nitrogen and oxygen atoms in total. The van der Waals surface area contributed by atoms with Crippen LogP contribution in [0.15, 0.2) is 78.9 Å². The smallest absolute Gasteiger partial charge is 0.251 e. The topological polar surface area (TPSA) is 84.9 Å². The van der Waals surface area contributed by atoms with Gasteiger partial charge < -0.3 is 14.8 Å². The Morgan fingerprint density at radius 2 is 1.62 bits per heavy atom. The second-order valence-electron chi connectivity index (χ2n) is 7.51. The zero-order valence-electron chi connectivity index (χ0n) is 17.6. The third-order valence-corrected chi connectivity index (χ3v) is 6.19. The fourth-order valence-corrected chi connectivity index (χ4v) is 4.28. The first kappa shape index (κ1) is 21.7. The summed E-state index contributed by atoms with van der Waals surface area (Å²) in [6, 6.07) is 23.2. The third kappa shape index (κ3) is 5.20. The van der Waals surface area contributed by atoms with Crippen LogP contribution in [0.5, 0.6) is 11.5 Å². The predicted molar refractivity (Wildman–Crippen MR) is 123 cm³/mol. The molecule has 1 amide bonds. The highest BCUT2D eigenvalue weighted by Crippen LogP contribution is 2.30. The maximum atomic E-state index is 12.5. The number of carbonyl (C=O) groups is 1. The summed E-state index contributed by atoms with van der Waals surface area (Å²) >= 11 is 0. The minimum atomic E-state index is -3.46. The number of anilines is 1. The van der Waals surface area contributed by atoms with Crippen molar-refractivity contribution in [2.45, 2.75) is 12.6 Å². The second-order valence-corrected chi connectivity index (χ2v) is 9.42. The monoisotopic (exact) mass is 452 g/mol. The quantitative estimate of drug-likeness (QED) is 0.595. The van der Waals surface area contributed by atoms with E-state index >= 15 is 0 Å². The zero-order valence-corrected chi connectivity index (χ0v) is 18.4. The number of para-hydroxylation sites is 3. The number of fused-ring (bicyclic) bond motifs is 1. The molecule has 0 saturated heterocycles. The van der Waals surface area contributed by atoms with Crippen LogP contribution in [0.4, 0.5) is 5.69 Å². The second kappa shape index (κ2) is 9.32. The van der Waals surface area contributed by atoms with Crippen LogP contribution in [0, 0.1) is 0 Å². The summed E-state index contributed by atoms with van der Waals surface area (Å²) in [5.41, 5.74) is 1.85. The molecular weight excluding hydrogens is 428 g/mol. The maximum absolute atomic E-state index is 12.5.